The van der Waals surface area contributed by atoms with Crippen LogP contribution >= 0.6 is 0 Å². The van der Waals surface area contributed by atoms with Crippen LogP contribution in [0.2, 0.25) is 0 Å². The van der Waals surface area contributed by atoms with Crippen LogP contribution in [0.25, 0.3) is 22.2 Å². The first-order valence-corrected chi connectivity index (χ1v) is 8.22. The summed E-state index contributed by atoms with van der Waals surface area (Å²) in [5, 5.41) is 9.04. The number of hydrogen-bond acceptors (Lipinski definition) is 5. The van der Waals surface area contributed by atoms with Crippen molar-refractivity contribution in [3.63, 3.8) is 0 Å². The van der Waals surface area contributed by atoms with Crippen molar-refractivity contribution in [1.82, 2.24) is 19.7 Å². The number of carbonyl (C=O) groups is 1. The van der Waals surface area contributed by atoms with Gasteiger partial charge in [0.1, 0.15) is 5.75 Å². The molecule has 2 heterocycles. The average Bonchev–Trinajstić information content (AvgIpc) is 3.18. The maximum Gasteiger partial charge on any atom is 0.168 e. The quantitative estimate of drug-likeness (QED) is 0.509. The molecular formula is C21H18N4O2. The fourth-order valence-electron chi connectivity index (χ4n) is 2.76. The number of ketones is 1. The van der Waals surface area contributed by atoms with E-state index in [4.69, 9.17) is 10.2 Å². The number of hydrogen-bond donors (Lipinski definition) is 0. The van der Waals surface area contributed by atoms with E-state index in [0.717, 1.165) is 16.6 Å². The maximum atomic E-state index is 12.9. The summed E-state index contributed by atoms with van der Waals surface area (Å²) < 4.78 is 38.9. The second kappa shape index (κ2) is 6.99. The smallest absolute Gasteiger partial charge is 0.168 e. The standard InChI is InChI=1S/C21H18N4O2/c1-25-13-22-12-20(25)15-5-8-19-16(9-15)10-17(23-24-19)11-21(26)14-3-6-18(27-2)7-4-14/h3-10,12-13H,11H2,1-2H3/i3D,4D,6D,7D. The van der Waals surface area contributed by atoms with E-state index in [9.17, 15) is 4.79 Å². The molecule has 0 radical (unpaired) electrons. The Morgan fingerprint density at radius 1 is 1.19 bits per heavy atom. The second-order valence-corrected chi connectivity index (χ2v) is 6.01. The molecule has 6 nitrogen and oxygen atoms in total. The Kier molecular flexibility index (Phi) is 3.30. The molecule has 2 aromatic heterocycles. The van der Waals surface area contributed by atoms with Gasteiger partial charge < -0.3 is 9.30 Å². The van der Waals surface area contributed by atoms with Gasteiger partial charge in [0.2, 0.25) is 0 Å². The largest absolute Gasteiger partial charge is 0.497 e. The molecule has 0 unspecified atom stereocenters. The van der Waals surface area contributed by atoms with Gasteiger partial charge in [0.05, 0.1) is 48.4 Å². The second-order valence-electron chi connectivity index (χ2n) is 6.01. The summed E-state index contributed by atoms with van der Waals surface area (Å²) in [6.45, 7) is 0. The molecule has 0 atom stereocenters. The van der Waals surface area contributed by atoms with Gasteiger partial charge in [0.15, 0.2) is 5.78 Å². The third-order valence-corrected chi connectivity index (χ3v) is 4.17. The van der Waals surface area contributed by atoms with E-state index in [1.807, 2.05) is 29.8 Å². The molecular weight excluding hydrogens is 340 g/mol. The van der Waals surface area contributed by atoms with E-state index in [2.05, 4.69) is 15.2 Å². The minimum Gasteiger partial charge on any atom is -0.497 e. The highest BCUT2D eigenvalue weighted by Crippen LogP contribution is 2.23. The normalized spacial score (nSPS) is 13.0. The Labute approximate surface area is 162 Å². The lowest BCUT2D eigenvalue weighted by Crippen LogP contribution is -2.06. The predicted octanol–water partition coefficient (Wildman–Crippen LogP) is 3.46. The lowest BCUT2D eigenvalue weighted by atomic mass is 10.0. The Morgan fingerprint density at radius 2 is 2.00 bits per heavy atom. The van der Waals surface area contributed by atoms with Crippen LogP contribution in [0.15, 0.2) is 61.0 Å². The number of aryl methyl sites for hydroxylation is 1. The van der Waals surface area contributed by atoms with Crippen LogP contribution in [0.1, 0.15) is 21.5 Å². The summed E-state index contributed by atoms with van der Waals surface area (Å²) in [6.07, 6.45) is 3.26. The summed E-state index contributed by atoms with van der Waals surface area (Å²) >= 11 is 0. The molecule has 27 heavy (non-hydrogen) atoms. The molecule has 4 rings (SSSR count). The molecule has 0 N–H and O–H groups in total. The molecule has 0 spiro atoms. The van der Waals surface area contributed by atoms with Crippen molar-refractivity contribution in [3.05, 3.63) is 72.2 Å². The zero-order valence-corrected chi connectivity index (χ0v) is 14.8. The van der Waals surface area contributed by atoms with Gasteiger partial charge >= 0.3 is 0 Å². The number of fused-ring (bicyclic) bond motifs is 1. The van der Waals surface area contributed by atoms with E-state index >= 15 is 0 Å². The molecule has 6 heteroatoms. The Bertz CT molecular complexity index is 1310. The fraction of sp³-hybridized carbons (Fsp3) is 0.143. The molecule has 0 amide bonds. The van der Waals surface area contributed by atoms with Crippen molar-refractivity contribution in [1.29, 1.82) is 0 Å². The van der Waals surface area contributed by atoms with Gasteiger partial charge in [-0.25, -0.2) is 4.98 Å². The lowest BCUT2D eigenvalue weighted by Gasteiger charge is -2.06. The van der Waals surface area contributed by atoms with Crippen molar-refractivity contribution >= 4 is 16.7 Å². The lowest BCUT2D eigenvalue weighted by molar-refractivity contribution is 0.0991. The summed E-state index contributed by atoms with van der Waals surface area (Å²) in [5.41, 5.74) is 2.61. The molecule has 4 aromatic rings. The average molecular weight is 362 g/mol. The van der Waals surface area contributed by atoms with Crippen LogP contribution in [-0.2, 0) is 13.5 Å². The minimum absolute atomic E-state index is 0.195. The van der Waals surface area contributed by atoms with Gasteiger partial charge in [-0.2, -0.15) is 10.2 Å². The highest BCUT2D eigenvalue weighted by Gasteiger charge is 2.11. The van der Waals surface area contributed by atoms with Crippen LogP contribution in [-0.4, -0.2) is 32.6 Å². The molecule has 0 aliphatic carbocycles. The summed E-state index contributed by atoms with van der Waals surface area (Å²) in [6, 6.07) is 5.76. The zero-order chi connectivity index (χ0) is 22.3. The molecule has 0 aliphatic rings. The Balaban J connectivity index is 1.70. The van der Waals surface area contributed by atoms with Gasteiger partial charge in [-0.1, -0.05) is 6.07 Å². The molecule has 0 bridgehead atoms. The third kappa shape index (κ3) is 3.42. The van der Waals surface area contributed by atoms with Crippen LogP contribution in [0.5, 0.6) is 5.75 Å². The number of benzene rings is 2. The zero-order valence-electron chi connectivity index (χ0n) is 18.8. The van der Waals surface area contributed by atoms with E-state index < -0.39 is 30.0 Å². The first-order chi connectivity index (χ1) is 14.8. The molecule has 0 saturated carbocycles. The Morgan fingerprint density at radius 3 is 2.70 bits per heavy atom. The molecule has 0 aliphatic heterocycles. The van der Waals surface area contributed by atoms with Crippen molar-refractivity contribution in [2.24, 2.45) is 7.05 Å². The molecule has 0 fully saturated rings. The van der Waals surface area contributed by atoms with Gasteiger partial charge in [0, 0.05) is 23.6 Å². The number of aromatic nitrogens is 4. The number of ether oxygens (including phenoxy) is 1. The van der Waals surface area contributed by atoms with E-state index in [1.165, 1.54) is 7.11 Å². The summed E-state index contributed by atoms with van der Waals surface area (Å²) in [4.78, 5) is 17.0. The number of methoxy groups -OCH3 is 1. The molecule has 2 aromatic carbocycles. The van der Waals surface area contributed by atoms with Crippen LogP contribution in [0.3, 0.4) is 0 Å². The topological polar surface area (TPSA) is 69.9 Å². The number of imidazole rings is 1. The highest BCUT2D eigenvalue weighted by atomic mass is 16.5. The monoisotopic (exact) mass is 362 g/mol. The van der Waals surface area contributed by atoms with E-state index in [0.29, 0.717) is 11.2 Å². The summed E-state index contributed by atoms with van der Waals surface area (Å²) in [7, 11) is 3.16. The van der Waals surface area contributed by atoms with Crippen molar-refractivity contribution in [2.45, 2.75) is 6.42 Å². The van der Waals surface area contributed by atoms with Crippen molar-refractivity contribution < 1.29 is 15.0 Å². The minimum atomic E-state index is -0.573. The van der Waals surface area contributed by atoms with Crippen molar-refractivity contribution in [3.8, 4) is 17.0 Å². The van der Waals surface area contributed by atoms with Crippen molar-refractivity contribution in [2.75, 3.05) is 7.11 Å². The third-order valence-electron chi connectivity index (χ3n) is 4.17. The maximum absolute atomic E-state index is 12.9. The molecule has 134 valence electrons. The first kappa shape index (κ1) is 12.8. The number of nitrogens with zero attached hydrogens (tertiary/aromatic N) is 4. The Hall–Kier alpha value is -3.54. The van der Waals surface area contributed by atoms with Gasteiger partial charge in [-0.15, -0.1) is 0 Å². The van der Waals surface area contributed by atoms with Crippen LogP contribution in [0.4, 0.5) is 0 Å². The summed E-state index contributed by atoms with van der Waals surface area (Å²) in [5.74, 6) is -0.768. The fourth-order valence-corrected chi connectivity index (χ4v) is 2.76. The van der Waals surface area contributed by atoms with E-state index in [-0.39, 0.29) is 17.7 Å². The van der Waals surface area contributed by atoms with E-state index in [1.54, 1.807) is 18.6 Å². The van der Waals surface area contributed by atoms with Crippen LogP contribution < -0.4 is 4.74 Å². The van der Waals surface area contributed by atoms with Gasteiger partial charge in [0.25, 0.3) is 0 Å². The van der Waals surface area contributed by atoms with Gasteiger partial charge in [-0.05, 0) is 42.4 Å². The molecule has 0 saturated heterocycles. The first-order valence-electron chi connectivity index (χ1n) is 10.2. The number of Topliss-reactive ketones (excluding diaryl/α,β-unsaturated/α-hetero) is 1. The van der Waals surface area contributed by atoms with Crippen LogP contribution in [0, 0.1) is 0 Å². The number of carbonyl (C=O) groups excluding carboxylic acids is 1. The van der Waals surface area contributed by atoms with Gasteiger partial charge in [-0.3, -0.25) is 4.79 Å². The highest BCUT2D eigenvalue weighted by molar-refractivity contribution is 5.97. The SMILES string of the molecule is [2H]c1c([2H])c(C(=O)Cc2cc3cc(-c4cncn4C)ccc3nn2)c([2H])c([2H])c1OC. The number of rotatable bonds is 5. The predicted molar refractivity (Wildman–Crippen MR) is 103 cm³/mol.